The quantitative estimate of drug-likeness (QED) is 0.764. The van der Waals surface area contributed by atoms with Crippen LogP contribution in [-0.4, -0.2) is 27.7 Å². The van der Waals surface area contributed by atoms with Gasteiger partial charge in [-0.05, 0) is 19.3 Å². The molecule has 0 aromatic carbocycles. The molecule has 1 saturated carbocycles. The Labute approximate surface area is 99.9 Å². The molecular weight excluding hydrogens is 220 g/mol. The van der Waals surface area contributed by atoms with Crippen LogP contribution in [0, 0.1) is 0 Å². The van der Waals surface area contributed by atoms with Crippen LogP contribution in [0.5, 0.6) is 0 Å². The molecule has 17 heavy (non-hydrogen) atoms. The molecule has 0 atom stereocenters. The van der Waals surface area contributed by atoms with Gasteiger partial charge < -0.3 is 9.84 Å². The molecular formula is C12H16N2O3. The highest BCUT2D eigenvalue weighted by Gasteiger charge is 2.30. The first-order valence-electron chi connectivity index (χ1n) is 5.89. The number of nitrogens with zero attached hydrogens (tertiary/aromatic N) is 2. The van der Waals surface area contributed by atoms with Crippen molar-refractivity contribution in [3.8, 4) is 0 Å². The van der Waals surface area contributed by atoms with Gasteiger partial charge in [-0.1, -0.05) is 6.92 Å². The molecule has 5 nitrogen and oxygen atoms in total. The minimum absolute atomic E-state index is 0.228. The van der Waals surface area contributed by atoms with Gasteiger partial charge in [-0.25, -0.2) is 14.8 Å². The summed E-state index contributed by atoms with van der Waals surface area (Å²) >= 11 is 0. The van der Waals surface area contributed by atoms with Crippen molar-refractivity contribution in [1.29, 1.82) is 0 Å². The van der Waals surface area contributed by atoms with Crippen LogP contribution in [-0.2, 0) is 11.3 Å². The van der Waals surface area contributed by atoms with Crippen LogP contribution in [0.1, 0.15) is 54.0 Å². The topological polar surface area (TPSA) is 72.3 Å². The monoisotopic (exact) mass is 236 g/mol. The normalized spacial score (nSPS) is 14.9. The van der Waals surface area contributed by atoms with E-state index >= 15 is 0 Å². The number of rotatable bonds is 6. The molecule has 0 radical (unpaired) electrons. The molecule has 1 aliphatic carbocycles. The Hall–Kier alpha value is -1.49. The van der Waals surface area contributed by atoms with Crippen LogP contribution in [0.25, 0.3) is 0 Å². The molecule has 0 amide bonds. The Balaban J connectivity index is 2.14. The van der Waals surface area contributed by atoms with Gasteiger partial charge in [-0.2, -0.15) is 0 Å². The number of carboxylic acid groups (broad SMARTS) is 1. The maximum Gasteiger partial charge on any atom is 0.339 e. The van der Waals surface area contributed by atoms with E-state index < -0.39 is 5.97 Å². The number of hydrogen-bond acceptors (Lipinski definition) is 4. The molecule has 0 saturated heterocycles. The van der Waals surface area contributed by atoms with Gasteiger partial charge in [0.25, 0.3) is 0 Å². The van der Waals surface area contributed by atoms with Gasteiger partial charge >= 0.3 is 5.97 Å². The SMILES string of the molecule is CCCOCc1ncc(C(=O)O)c(C2CC2)n1. The molecule has 0 aliphatic heterocycles. The molecule has 1 fully saturated rings. The number of ether oxygens (including phenoxy) is 1. The first-order chi connectivity index (χ1) is 8.22. The molecule has 1 aromatic heterocycles. The third-order valence-electron chi connectivity index (χ3n) is 2.64. The first kappa shape index (κ1) is 12.0. The average molecular weight is 236 g/mol. The van der Waals surface area contributed by atoms with Crippen LogP contribution in [0.2, 0.25) is 0 Å². The van der Waals surface area contributed by atoms with Crippen molar-refractivity contribution in [2.75, 3.05) is 6.61 Å². The average Bonchev–Trinajstić information content (AvgIpc) is 3.13. The molecule has 2 rings (SSSR count). The summed E-state index contributed by atoms with van der Waals surface area (Å²) in [5.41, 5.74) is 0.898. The third kappa shape index (κ3) is 3.00. The second kappa shape index (κ2) is 5.23. The van der Waals surface area contributed by atoms with Crippen LogP contribution in [0.4, 0.5) is 0 Å². The van der Waals surface area contributed by atoms with Crippen LogP contribution < -0.4 is 0 Å². The minimum atomic E-state index is -0.951. The molecule has 1 heterocycles. The fraction of sp³-hybridized carbons (Fsp3) is 0.583. The van der Waals surface area contributed by atoms with Gasteiger partial charge in [-0.3, -0.25) is 0 Å². The number of carbonyl (C=O) groups is 1. The van der Waals surface area contributed by atoms with Gasteiger partial charge in [0.15, 0.2) is 5.82 Å². The molecule has 0 spiro atoms. The number of hydrogen-bond donors (Lipinski definition) is 1. The molecule has 0 bridgehead atoms. The predicted molar refractivity (Wildman–Crippen MR) is 60.9 cm³/mol. The fourth-order valence-electron chi connectivity index (χ4n) is 1.64. The van der Waals surface area contributed by atoms with Crippen LogP contribution in [0.3, 0.4) is 0 Å². The highest BCUT2D eigenvalue weighted by Crippen LogP contribution is 2.40. The van der Waals surface area contributed by atoms with E-state index in [1.54, 1.807) is 0 Å². The second-order valence-corrected chi connectivity index (χ2v) is 4.22. The van der Waals surface area contributed by atoms with Crippen molar-refractivity contribution < 1.29 is 14.6 Å². The van der Waals surface area contributed by atoms with Gasteiger partial charge in [-0.15, -0.1) is 0 Å². The largest absolute Gasteiger partial charge is 0.478 e. The Kier molecular flexibility index (Phi) is 3.68. The van der Waals surface area contributed by atoms with Crippen molar-refractivity contribution in [3.05, 3.63) is 23.3 Å². The Morgan fingerprint density at radius 2 is 2.35 bits per heavy atom. The summed E-state index contributed by atoms with van der Waals surface area (Å²) in [5, 5.41) is 9.04. The molecule has 1 aliphatic rings. The van der Waals surface area contributed by atoms with E-state index in [2.05, 4.69) is 9.97 Å². The zero-order valence-corrected chi connectivity index (χ0v) is 9.85. The lowest BCUT2D eigenvalue weighted by Crippen LogP contribution is -2.09. The van der Waals surface area contributed by atoms with E-state index in [-0.39, 0.29) is 5.56 Å². The maximum absolute atomic E-state index is 11.0. The lowest BCUT2D eigenvalue weighted by molar-refractivity contribution is 0.0693. The molecule has 92 valence electrons. The van der Waals surface area contributed by atoms with Crippen molar-refractivity contribution >= 4 is 5.97 Å². The third-order valence-corrected chi connectivity index (χ3v) is 2.64. The predicted octanol–water partition coefficient (Wildman–Crippen LogP) is 1.98. The molecule has 0 unspecified atom stereocenters. The van der Waals surface area contributed by atoms with Gasteiger partial charge in [0, 0.05) is 18.7 Å². The first-order valence-corrected chi connectivity index (χ1v) is 5.89. The van der Waals surface area contributed by atoms with Crippen LogP contribution >= 0.6 is 0 Å². The summed E-state index contributed by atoms with van der Waals surface area (Å²) < 4.78 is 5.35. The van der Waals surface area contributed by atoms with E-state index in [9.17, 15) is 4.79 Å². The van der Waals surface area contributed by atoms with E-state index in [4.69, 9.17) is 9.84 Å². The maximum atomic E-state index is 11.0. The molecule has 1 aromatic rings. The zero-order chi connectivity index (χ0) is 12.3. The Morgan fingerprint density at radius 3 is 2.94 bits per heavy atom. The number of aromatic nitrogens is 2. The van der Waals surface area contributed by atoms with Crippen LogP contribution in [0.15, 0.2) is 6.20 Å². The summed E-state index contributed by atoms with van der Waals surface area (Å²) in [6.45, 7) is 3.06. The van der Waals surface area contributed by atoms with Crippen molar-refractivity contribution in [2.45, 2.75) is 38.7 Å². The Bertz CT molecular complexity index is 416. The van der Waals surface area contributed by atoms with E-state index in [1.165, 1.54) is 6.20 Å². The van der Waals surface area contributed by atoms with Crippen molar-refractivity contribution in [2.24, 2.45) is 0 Å². The Morgan fingerprint density at radius 1 is 1.59 bits per heavy atom. The van der Waals surface area contributed by atoms with E-state index in [1.807, 2.05) is 6.92 Å². The molecule has 5 heteroatoms. The summed E-state index contributed by atoms with van der Waals surface area (Å²) in [7, 11) is 0. The summed E-state index contributed by atoms with van der Waals surface area (Å²) in [5.74, 6) is -0.0766. The number of carboxylic acids is 1. The lowest BCUT2D eigenvalue weighted by atomic mass is 10.1. The summed E-state index contributed by atoms with van der Waals surface area (Å²) in [6, 6.07) is 0. The van der Waals surface area contributed by atoms with E-state index in [0.29, 0.717) is 30.7 Å². The minimum Gasteiger partial charge on any atom is -0.478 e. The summed E-state index contributed by atoms with van der Waals surface area (Å²) in [6.07, 6.45) is 4.38. The van der Waals surface area contributed by atoms with E-state index in [0.717, 1.165) is 19.3 Å². The summed E-state index contributed by atoms with van der Waals surface area (Å²) in [4.78, 5) is 19.4. The van der Waals surface area contributed by atoms with Gasteiger partial charge in [0.1, 0.15) is 6.61 Å². The van der Waals surface area contributed by atoms with Crippen molar-refractivity contribution in [1.82, 2.24) is 9.97 Å². The smallest absolute Gasteiger partial charge is 0.339 e. The zero-order valence-electron chi connectivity index (χ0n) is 9.85. The number of aromatic carboxylic acids is 1. The highest BCUT2D eigenvalue weighted by molar-refractivity contribution is 5.88. The lowest BCUT2D eigenvalue weighted by Gasteiger charge is -2.06. The van der Waals surface area contributed by atoms with Gasteiger partial charge in [0.2, 0.25) is 0 Å². The molecule has 1 N–H and O–H groups in total. The highest BCUT2D eigenvalue weighted by atomic mass is 16.5. The fourth-order valence-corrected chi connectivity index (χ4v) is 1.64. The van der Waals surface area contributed by atoms with Gasteiger partial charge in [0.05, 0.1) is 11.3 Å². The second-order valence-electron chi connectivity index (χ2n) is 4.22. The van der Waals surface area contributed by atoms with Crippen molar-refractivity contribution in [3.63, 3.8) is 0 Å². The standard InChI is InChI=1S/C12H16N2O3/c1-2-5-17-7-10-13-6-9(12(15)16)11(14-10)8-3-4-8/h6,8H,2-5,7H2,1H3,(H,15,16).